The number of nitrogens with zero attached hydrogens (tertiary/aromatic N) is 2. The lowest BCUT2D eigenvalue weighted by Gasteiger charge is -2.20. The highest BCUT2D eigenvalue weighted by atomic mass is 32.2. The second-order valence-corrected chi connectivity index (χ2v) is 10.3. The molecule has 4 aromatic rings. The van der Waals surface area contributed by atoms with E-state index in [2.05, 4.69) is 9.97 Å². The Morgan fingerprint density at radius 1 is 1.12 bits per heavy atom. The molecule has 0 spiro atoms. The van der Waals surface area contributed by atoms with E-state index >= 15 is 0 Å². The third-order valence-corrected chi connectivity index (χ3v) is 6.58. The fraction of sp³-hybridized carbons (Fsp3) is 0.280. The summed E-state index contributed by atoms with van der Waals surface area (Å²) in [5.74, 6) is 0.721. The summed E-state index contributed by atoms with van der Waals surface area (Å²) < 4.78 is 37.2. The number of aromatic amines is 1. The number of ether oxygens (including phenoxy) is 2. The first kappa shape index (κ1) is 23.6. The predicted octanol–water partition coefficient (Wildman–Crippen LogP) is 3.74. The average molecular weight is 482 g/mol. The molecule has 0 saturated heterocycles. The Bertz CT molecular complexity index is 1500. The Balaban J connectivity index is 1.89. The molecule has 0 aliphatic rings. The maximum absolute atomic E-state index is 13.1. The topological polar surface area (TPSA) is 103 Å². The zero-order valence-corrected chi connectivity index (χ0v) is 20.3. The third-order valence-electron chi connectivity index (χ3n) is 5.66. The van der Waals surface area contributed by atoms with Crippen molar-refractivity contribution in [1.82, 2.24) is 14.5 Å². The van der Waals surface area contributed by atoms with Gasteiger partial charge in [0.1, 0.15) is 9.84 Å². The Morgan fingerprint density at radius 2 is 1.88 bits per heavy atom. The fourth-order valence-electron chi connectivity index (χ4n) is 4.12. The van der Waals surface area contributed by atoms with Gasteiger partial charge in [-0.05, 0) is 48.7 Å². The first-order valence-corrected chi connectivity index (χ1v) is 12.9. The highest BCUT2D eigenvalue weighted by Crippen LogP contribution is 2.33. The van der Waals surface area contributed by atoms with Crippen molar-refractivity contribution >= 4 is 21.0 Å². The van der Waals surface area contributed by atoms with Gasteiger partial charge in [0.05, 0.1) is 31.0 Å². The molecular weight excluding hydrogens is 454 g/mol. The van der Waals surface area contributed by atoms with Gasteiger partial charge in [-0.3, -0.25) is 4.57 Å². The molecule has 1 N–H and O–H groups in total. The van der Waals surface area contributed by atoms with Crippen molar-refractivity contribution in [2.24, 2.45) is 0 Å². The number of hydrogen-bond acceptors (Lipinski definition) is 6. The van der Waals surface area contributed by atoms with Crippen LogP contribution in [0, 0.1) is 6.92 Å². The summed E-state index contributed by atoms with van der Waals surface area (Å²) in [4.78, 5) is 20.5. The zero-order chi connectivity index (χ0) is 24.5. The van der Waals surface area contributed by atoms with Gasteiger partial charge < -0.3 is 14.5 Å². The first-order valence-electron chi connectivity index (χ1n) is 10.9. The monoisotopic (exact) mass is 481 g/mol. The van der Waals surface area contributed by atoms with Crippen molar-refractivity contribution in [3.05, 3.63) is 76.3 Å². The minimum absolute atomic E-state index is 0.279. The van der Waals surface area contributed by atoms with Crippen molar-refractivity contribution in [2.75, 3.05) is 25.7 Å². The van der Waals surface area contributed by atoms with Gasteiger partial charge in [-0.15, -0.1) is 0 Å². The summed E-state index contributed by atoms with van der Waals surface area (Å²) in [6, 6.07) is 14.1. The summed E-state index contributed by atoms with van der Waals surface area (Å²) in [6.45, 7) is 4.27. The van der Waals surface area contributed by atoms with Crippen LogP contribution in [0.25, 0.3) is 22.3 Å². The second-order valence-electron chi connectivity index (χ2n) is 8.16. The number of pyridine rings is 1. The molecule has 178 valence electrons. The number of benzene rings is 2. The van der Waals surface area contributed by atoms with E-state index in [-0.39, 0.29) is 5.75 Å². The van der Waals surface area contributed by atoms with Crippen LogP contribution in [0.3, 0.4) is 0 Å². The molecule has 2 heterocycles. The second kappa shape index (κ2) is 9.34. The van der Waals surface area contributed by atoms with Crippen LogP contribution in [0.1, 0.15) is 24.1 Å². The van der Waals surface area contributed by atoms with Crippen LogP contribution >= 0.6 is 0 Å². The van der Waals surface area contributed by atoms with Crippen LogP contribution < -0.4 is 15.2 Å². The molecule has 9 heteroatoms. The van der Waals surface area contributed by atoms with Crippen molar-refractivity contribution in [1.29, 1.82) is 0 Å². The molecule has 0 saturated carbocycles. The number of sulfone groups is 1. The number of imidazole rings is 1. The minimum Gasteiger partial charge on any atom is -0.493 e. The predicted molar refractivity (Wildman–Crippen MR) is 133 cm³/mol. The number of aryl methyl sites for hydroxylation is 1. The number of aromatic nitrogens is 3. The Hall–Kier alpha value is -3.59. The van der Waals surface area contributed by atoms with Gasteiger partial charge >= 0.3 is 5.69 Å². The number of rotatable bonds is 8. The summed E-state index contributed by atoms with van der Waals surface area (Å²) in [6.07, 6.45) is 2.85. The minimum atomic E-state index is -3.45. The number of hydrogen-bond donors (Lipinski definition) is 1. The fourth-order valence-corrected chi connectivity index (χ4v) is 5.04. The lowest BCUT2D eigenvalue weighted by Crippen LogP contribution is -2.28. The summed E-state index contributed by atoms with van der Waals surface area (Å²) in [7, 11) is -1.92. The van der Waals surface area contributed by atoms with Gasteiger partial charge in [-0.2, -0.15) is 0 Å². The van der Waals surface area contributed by atoms with Crippen LogP contribution in [0.15, 0.2) is 59.5 Å². The SMILES string of the molecule is CCOc1cc(C(CS(C)(=O)=O)n2c(=O)[nH]c3cc(-c4ccccc4C)cnc32)ccc1OC. The van der Waals surface area contributed by atoms with E-state index < -0.39 is 21.6 Å². The summed E-state index contributed by atoms with van der Waals surface area (Å²) >= 11 is 0. The number of fused-ring (bicyclic) bond motifs is 1. The first-order chi connectivity index (χ1) is 16.2. The van der Waals surface area contributed by atoms with Crippen LogP contribution in [-0.2, 0) is 9.84 Å². The van der Waals surface area contributed by atoms with Crippen LogP contribution in [0.5, 0.6) is 11.5 Å². The Labute approximate surface area is 198 Å². The van der Waals surface area contributed by atoms with Crippen LogP contribution in [0.2, 0.25) is 0 Å². The molecule has 2 aromatic carbocycles. The standard InChI is InChI=1S/C25H27N3O5S/c1-5-33-23-13-17(10-11-22(23)32-3)21(15-34(4,30)31)28-24-20(27-25(28)29)12-18(14-26-24)19-9-7-6-8-16(19)2/h6-14,21H,5,15H2,1-4H3,(H,27,29). The molecule has 0 amide bonds. The third kappa shape index (κ3) is 4.70. The molecule has 2 aromatic heterocycles. The number of nitrogens with one attached hydrogen (secondary N) is 1. The largest absolute Gasteiger partial charge is 0.493 e. The zero-order valence-electron chi connectivity index (χ0n) is 19.5. The van der Waals surface area contributed by atoms with E-state index in [1.807, 2.05) is 44.2 Å². The lowest BCUT2D eigenvalue weighted by molar-refractivity contribution is 0.310. The average Bonchev–Trinajstić information content (AvgIpc) is 3.12. The highest BCUT2D eigenvalue weighted by molar-refractivity contribution is 7.90. The maximum atomic E-state index is 13.1. The molecule has 0 fully saturated rings. The Kier molecular flexibility index (Phi) is 6.47. The van der Waals surface area contributed by atoms with E-state index in [0.717, 1.165) is 22.9 Å². The van der Waals surface area contributed by atoms with Gasteiger partial charge in [0.25, 0.3) is 0 Å². The smallest absolute Gasteiger partial charge is 0.328 e. The van der Waals surface area contributed by atoms with Gasteiger partial charge in [-0.1, -0.05) is 30.3 Å². The molecular formula is C25H27N3O5S. The van der Waals surface area contributed by atoms with E-state index in [1.165, 1.54) is 11.7 Å². The summed E-state index contributed by atoms with van der Waals surface area (Å²) in [5.41, 5.74) is 4.03. The lowest BCUT2D eigenvalue weighted by atomic mass is 10.0. The molecule has 1 unspecified atom stereocenters. The molecule has 8 nitrogen and oxygen atoms in total. The van der Waals surface area contributed by atoms with Gasteiger partial charge in [0, 0.05) is 18.0 Å². The highest BCUT2D eigenvalue weighted by Gasteiger charge is 2.25. The van der Waals surface area contributed by atoms with Crippen LogP contribution in [0.4, 0.5) is 0 Å². The van der Waals surface area contributed by atoms with E-state index in [0.29, 0.717) is 34.8 Å². The van der Waals surface area contributed by atoms with Gasteiger partial charge in [-0.25, -0.2) is 18.2 Å². The molecule has 0 aliphatic heterocycles. The van der Waals surface area contributed by atoms with Gasteiger partial charge in [0.2, 0.25) is 0 Å². The van der Waals surface area contributed by atoms with E-state index in [9.17, 15) is 13.2 Å². The van der Waals surface area contributed by atoms with Crippen molar-refractivity contribution in [3.63, 3.8) is 0 Å². The normalized spacial score (nSPS) is 12.6. The molecule has 1 atom stereocenters. The summed E-state index contributed by atoms with van der Waals surface area (Å²) in [5, 5.41) is 0. The van der Waals surface area contributed by atoms with Crippen molar-refractivity contribution < 1.29 is 17.9 Å². The molecule has 0 radical (unpaired) electrons. The molecule has 34 heavy (non-hydrogen) atoms. The van der Waals surface area contributed by atoms with E-state index in [4.69, 9.17) is 9.47 Å². The molecule has 0 bridgehead atoms. The quantitative estimate of drug-likeness (QED) is 0.411. The Morgan fingerprint density at radius 3 is 2.56 bits per heavy atom. The molecule has 4 rings (SSSR count). The number of H-pyrrole nitrogens is 1. The molecule has 0 aliphatic carbocycles. The van der Waals surface area contributed by atoms with Crippen LogP contribution in [-0.4, -0.2) is 48.7 Å². The maximum Gasteiger partial charge on any atom is 0.328 e. The van der Waals surface area contributed by atoms with Crippen molar-refractivity contribution in [3.8, 4) is 22.6 Å². The van der Waals surface area contributed by atoms with Gasteiger partial charge in [0.15, 0.2) is 17.1 Å². The number of methoxy groups -OCH3 is 1. The van der Waals surface area contributed by atoms with Crippen molar-refractivity contribution in [2.45, 2.75) is 19.9 Å². The van der Waals surface area contributed by atoms with E-state index in [1.54, 1.807) is 24.4 Å².